The predicted octanol–water partition coefficient (Wildman–Crippen LogP) is 6.84. The van der Waals surface area contributed by atoms with Crippen molar-refractivity contribution in [3.05, 3.63) is 139 Å². The normalized spacial score (nSPS) is 18.3. The highest BCUT2D eigenvalue weighted by atomic mass is 127. The lowest BCUT2D eigenvalue weighted by molar-refractivity contribution is -0.130. The van der Waals surface area contributed by atoms with E-state index in [-0.39, 0.29) is 31.0 Å². The Labute approximate surface area is 259 Å². The molecule has 2 atom stereocenters. The minimum atomic E-state index is -1.17. The maximum Gasteiger partial charge on any atom is 0.255 e. The molecule has 0 fully saturated rings. The quantitative estimate of drug-likeness (QED) is 0.201. The first-order valence-corrected chi connectivity index (χ1v) is 15.1. The van der Waals surface area contributed by atoms with Crippen LogP contribution in [0.3, 0.4) is 0 Å². The summed E-state index contributed by atoms with van der Waals surface area (Å²) < 4.78 is 1.04. The van der Waals surface area contributed by atoms with Crippen LogP contribution in [0.2, 0.25) is 5.02 Å². The van der Waals surface area contributed by atoms with Crippen molar-refractivity contribution in [1.82, 2.24) is 10.2 Å². The molecule has 4 aromatic carbocycles. The molecule has 0 aliphatic carbocycles. The minimum Gasteiger partial charge on any atom is -0.392 e. The largest absolute Gasteiger partial charge is 0.392 e. The number of halogens is 2. The van der Waals surface area contributed by atoms with Crippen LogP contribution in [-0.2, 0) is 29.8 Å². The van der Waals surface area contributed by atoms with Gasteiger partial charge in [0.05, 0.1) is 12.6 Å². The highest BCUT2D eigenvalue weighted by molar-refractivity contribution is 14.1. The fraction of sp³-hybridized carbons (Fsp3) is 0.235. The molecule has 7 heteroatoms. The van der Waals surface area contributed by atoms with Crippen molar-refractivity contribution in [3.63, 3.8) is 0 Å². The van der Waals surface area contributed by atoms with Gasteiger partial charge in [0, 0.05) is 26.7 Å². The van der Waals surface area contributed by atoms with Crippen molar-refractivity contribution in [2.24, 2.45) is 0 Å². The average Bonchev–Trinajstić information content (AvgIpc) is 2.97. The number of rotatable bonds is 8. The Hall–Kier alpha value is -3.20. The molecule has 1 aliphatic rings. The van der Waals surface area contributed by atoms with E-state index in [1.165, 1.54) is 0 Å². The van der Waals surface area contributed by atoms with Crippen LogP contribution in [0.4, 0.5) is 0 Å². The highest BCUT2D eigenvalue weighted by Gasteiger charge is 2.56. The van der Waals surface area contributed by atoms with Crippen molar-refractivity contribution >= 4 is 46.0 Å². The Morgan fingerprint density at radius 1 is 0.951 bits per heavy atom. The fourth-order valence-corrected chi connectivity index (χ4v) is 6.61. The number of aliphatic hydroxyl groups excluding tert-OH is 1. The second-order valence-corrected chi connectivity index (χ2v) is 12.3. The molecule has 0 radical (unpaired) electrons. The van der Waals surface area contributed by atoms with Gasteiger partial charge in [-0.2, -0.15) is 0 Å². The molecule has 0 bridgehead atoms. The van der Waals surface area contributed by atoms with Crippen LogP contribution in [0.15, 0.2) is 97.1 Å². The number of carbonyl (C=O) groups is 2. The maximum atomic E-state index is 14.8. The van der Waals surface area contributed by atoms with E-state index in [0.717, 1.165) is 25.8 Å². The number of aliphatic hydroxyl groups is 1. The number of hydrogen-bond acceptors (Lipinski definition) is 3. The summed E-state index contributed by atoms with van der Waals surface area (Å²) in [7, 11) is 0. The lowest BCUT2D eigenvalue weighted by Crippen LogP contribution is -2.60. The van der Waals surface area contributed by atoms with E-state index in [4.69, 9.17) is 11.6 Å². The number of nitrogens with zero attached hydrogens (tertiary/aromatic N) is 1. The summed E-state index contributed by atoms with van der Waals surface area (Å²) in [5.74, 6) is -0.306. The van der Waals surface area contributed by atoms with E-state index in [1.807, 2.05) is 105 Å². The molecule has 5 rings (SSSR count). The number of nitrogens with one attached hydrogen (secondary N) is 1. The van der Waals surface area contributed by atoms with Gasteiger partial charge in [-0.1, -0.05) is 90.5 Å². The van der Waals surface area contributed by atoms with E-state index in [0.29, 0.717) is 22.6 Å². The van der Waals surface area contributed by atoms with Crippen molar-refractivity contribution in [3.8, 4) is 0 Å². The Bertz CT molecular complexity index is 1570. The summed E-state index contributed by atoms with van der Waals surface area (Å²) in [5.41, 5.74) is 3.42. The lowest BCUT2D eigenvalue weighted by Gasteiger charge is -2.50. The van der Waals surface area contributed by atoms with E-state index in [9.17, 15) is 14.7 Å². The van der Waals surface area contributed by atoms with E-state index >= 15 is 0 Å². The fourth-order valence-electron chi connectivity index (χ4n) is 5.84. The Morgan fingerprint density at radius 2 is 1.59 bits per heavy atom. The number of hydrogen-bond donors (Lipinski definition) is 2. The van der Waals surface area contributed by atoms with Crippen molar-refractivity contribution in [2.45, 2.75) is 50.9 Å². The van der Waals surface area contributed by atoms with E-state index in [1.54, 1.807) is 4.90 Å². The molecular weight excluding hydrogens is 647 g/mol. The van der Waals surface area contributed by atoms with Gasteiger partial charge >= 0.3 is 0 Å². The molecule has 41 heavy (non-hydrogen) atoms. The Kier molecular flexibility index (Phi) is 8.82. The van der Waals surface area contributed by atoms with Crippen LogP contribution >= 0.6 is 34.2 Å². The molecule has 2 N–H and O–H groups in total. The van der Waals surface area contributed by atoms with Gasteiger partial charge in [0.15, 0.2) is 0 Å². The van der Waals surface area contributed by atoms with Crippen LogP contribution < -0.4 is 5.32 Å². The second-order valence-electron chi connectivity index (χ2n) is 10.7. The van der Waals surface area contributed by atoms with Gasteiger partial charge in [0.1, 0.15) is 5.41 Å². The van der Waals surface area contributed by atoms with Gasteiger partial charge in [-0.05, 0) is 88.9 Å². The molecular formula is C34H32ClIN2O3. The average molecular weight is 679 g/mol. The molecule has 2 amide bonds. The van der Waals surface area contributed by atoms with Crippen LogP contribution in [0.5, 0.6) is 0 Å². The summed E-state index contributed by atoms with van der Waals surface area (Å²) in [6, 6.07) is 29.8. The topological polar surface area (TPSA) is 69.6 Å². The van der Waals surface area contributed by atoms with Gasteiger partial charge in [-0.25, -0.2) is 0 Å². The second kappa shape index (κ2) is 12.3. The van der Waals surface area contributed by atoms with Crippen molar-refractivity contribution in [1.29, 1.82) is 0 Å². The zero-order chi connectivity index (χ0) is 29.1. The van der Waals surface area contributed by atoms with Gasteiger partial charge in [0.25, 0.3) is 5.91 Å². The zero-order valence-electron chi connectivity index (χ0n) is 23.0. The third kappa shape index (κ3) is 5.65. The van der Waals surface area contributed by atoms with Crippen LogP contribution in [0.1, 0.15) is 58.1 Å². The summed E-state index contributed by atoms with van der Waals surface area (Å²) in [6.45, 7) is 4.02. The monoisotopic (exact) mass is 678 g/mol. The molecule has 210 valence electrons. The molecule has 1 heterocycles. The first kappa shape index (κ1) is 29.3. The first-order chi connectivity index (χ1) is 19.8. The Morgan fingerprint density at radius 3 is 2.24 bits per heavy atom. The van der Waals surface area contributed by atoms with Crippen LogP contribution in [0.25, 0.3) is 0 Å². The summed E-state index contributed by atoms with van der Waals surface area (Å²) in [5, 5.41) is 13.5. The highest BCUT2D eigenvalue weighted by Crippen LogP contribution is 2.50. The molecule has 0 unspecified atom stereocenters. The standard InChI is InChI=1S/C34H32ClIN2O3/c1-22(2)37-33(41)34(19-25-9-4-8-14-30(25)36)28-12-6-5-11-27(28)32(40)38(20-26-10-3-7-13-29(26)35)31(34)24-17-15-23(21-39)16-18-24/h3-18,22,31,39H,19-21H2,1-2H3,(H,37,41)/t31-,34-/m0/s1. The van der Waals surface area contributed by atoms with Gasteiger partial charge in [-0.3, -0.25) is 9.59 Å². The van der Waals surface area contributed by atoms with E-state index < -0.39 is 11.5 Å². The molecule has 0 saturated carbocycles. The SMILES string of the molecule is CC(C)NC(=O)[C@@]1(Cc2ccccc2I)c2ccccc2C(=O)N(Cc2ccccc2Cl)[C@H]1c1ccc(CO)cc1. The molecule has 0 spiro atoms. The van der Waals surface area contributed by atoms with Gasteiger partial charge in [0.2, 0.25) is 5.91 Å². The third-order valence-electron chi connectivity index (χ3n) is 7.71. The van der Waals surface area contributed by atoms with Gasteiger partial charge < -0.3 is 15.3 Å². The lowest BCUT2D eigenvalue weighted by atomic mass is 9.63. The number of carbonyl (C=O) groups excluding carboxylic acids is 2. The van der Waals surface area contributed by atoms with Gasteiger partial charge in [-0.15, -0.1) is 0 Å². The van der Waals surface area contributed by atoms with Crippen LogP contribution in [-0.4, -0.2) is 27.9 Å². The maximum absolute atomic E-state index is 14.8. The molecule has 0 saturated heterocycles. The van der Waals surface area contributed by atoms with E-state index in [2.05, 4.69) is 34.0 Å². The Balaban J connectivity index is 1.84. The van der Waals surface area contributed by atoms with Crippen molar-refractivity contribution in [2.75, 3.05) is 0 Å². The van der Waals surface area contributed by atoms with Crippen molar-refractivity contribution < 1.29 is 14.7 Å². The number of amides is 2. The third-order valence-corrected chi connectivity index (χ3v) is 9.13. The number of benzene rings is 4. The summed E-state index contributed by atoms with van der Waals surface area (Å²) in [6.07, 6.45) is 0.375. The molecule has 1 aliphatic heterocycles. The smallest absolute Gasteiger partial charge is 0.255 e. The number of fused-ring (bicyclic) bond motifs is 1. The molecule has 4 aromatic rings. The first-order valence-electron chi connectivity index (χ1n) is 13.6. The molecule has 0 aromatic heterocycles. The molecule has 5 nitrogen and oxygen atoms in total. The predicted molar refractivity (Wildman–Crippen MR) is 171 cm³/mol. The summed E-state index contributed by atoms with van der Waals surface area (Å²) in [4.78, 5) is 31.0. The summed E-state index contributed by atoms with van der Waals surface area (Å²) >= 11 is 8.95. The zero-order valence-corrected chi connectivity index (χ0v) is 25.9. The van der Waals surface area contributed by atoms with Crippen LogP contribution in [0, 0.1) is 3.57 Å². The minimum absolute atomic E-state index is 0.1000.